The summed E-state index contributed by atoms with van der Waals surface area (Å²) in [5.74, 6) is 1.34. The maximum absolute atomic E-state index is 12.3. The molecule has 1 heterocycles. The molecule has 2 aliphatic rings. The van der Waals surface area contributed by atoms with Gasteiger partial charge in [0.05, 0.1) is 6.10 Å². The predicted molar refractivity (Wildman–Crippen MR) is 93.9 cm³/mol. The number of amides is 1. The van der Waals surface area contributed by atoms with E-state index >= 15 is 0 Å². The SMILES string of the molecule is CC(C)Oc1ccc(CNC(=O)C2CC23CCNCC3)cc1.Cl. The Bertz CT molecular complexity index is 524. The minimum Gasteiger partial charge on any atom is -0.491 e. The van der Waals surface area contributed by atoms with Crippen LogP contribution in [0.15, 0.2) is 24.3 Å². The lowest BCUT2D eigenvalue weighted by atomic mass is 9.92. The van der Waals surface area contributed by atoms with Gasteiger partial charge in [-0.3, -0.25) is 4.79 Å². The fourth-order valence-corrected chi connectivity index (χ4v) is 3.47. The Morgan fingerprint density at radius 3 is 2.57 bits per heavy atom. The van der Waals surface area contributed by atoms with Crippen LogP contribution in [0.5, 0.6) is 5.75 Å². The highest BCUT2D eigenvalue weighted by molar-refractivity contribution is 5.85. The average molecular weight is 339 g/mol. The van der Waals surface area contributed by atoms with E-state index < -0.39 is 0 Å². The summed E-state index contributed by atoms with van der Waals surface area (Å²) in [5.41, 5.74) is 1.43. The van der Waals surface area contributed by atoms with Crippen LogP contribution < -0.4 is 15.4 Å². The number of rotatable bonds is 5. The summed E-state index contributed by atoms with van der Waals surface area (Å²) in [6.07, 6.45) is 3.54. The minimum absolute atomic E-state index is 0. The van der Waals surface area contributed by atoms with Crippen LogP contribution in [0, 0.1) is 11.3 Å². The third kappa shape index (κ3) is 4.39. The lowest BCUT2D eigenvalue weighted by Gasteiger charge is -2.23. The molecule has 128 valence electrons. The quantitative estimate of drug-likeness (QED) is 0.868. The number of halogens is 1. The summed E-state index contributed by atoms with van der Waals surface area (Å²) in [6.45, 7) is 6.74. The maximum atomic E-state index is 12.3. The van der Waals surface area contributed by atoms with Crippen molar-refractivity contribution in [3.63, 3.8) is 0 Å². The predicted octanol–water partition coefficient (Wildman–Crippen LogP) is 2.90. The van der Waals surface area contributed by atoms with Gasteiger partial charge in [-0.1, -0.05) is 12.1 Å². The van der Waals surface area contributed by atoms with Gasteiger partial charge < -0.3 is 15.4 Å². The lowest BCUT2D eigenvalue weighted by Crippen LogP contribution is -2.33. The number of benzene rings is 1. The van der Waals surface area contributed by atoms with Gasteiger partial charge in [-0.25, -0.2) is 0 Å². The van der Waals surface area contributed by atoms with E-state index in [1.165, 1.54) is 0 Å². The van der Waals surface area contributed by atoms with Crippen molar-refractivity contribution >= 4 is 18.3 Å². The minimum atomic E-state index is 0. The van der Waals surface area contributed by atoms with Gasteiger partial charge >= 0.3 is 0 Å². The van der Waals surface area contributed by atoms with Crippen molar-refractivity contribution in [2.24, 2.45) is 11.3 Å². The first-order valence-electron chi connectivity index (χ1n) is 8.33. The van der Waals surface area contributed by atoms with Gasteiger partial charge in [0.2, 0.25) is 5.91 Å². The van der Waals surface area contributed by atoms with Crippen molar-refractivity contribution in [1.29, 1.82) is 0 Å². The number of hydrogen-bond donors (Lipinski definition) is 2. The largest absolute Gasteiger partial charge is 0.491 e. The smallest absolute Gasteiger partial charge is 0.223 e. The highest BCUT2D eigenvalue weighted by Crippen LogP contribution is 2.58. The van der Waals surface area contributed by atoms with E-state index in [9.17, 15) is 4.79 Å². The van der Waals surface area contributed by atoms with Gasteiger partial charge in [0.25, 0.3) is 0 Å². The van der Waals surface area contributed by atoms with Gasteiger partial charge in [-0.05, 0) is 69.3 Å². The van der Waals surface area contributed by atoms with Crippen LogP contribution in [0.25, 0.3) is 0 Å². The topological polar surface area (TPSA) is 50.4 Å². The molecule has 1 saturated heterocycles. The molecule has 1 unspecified atom stereocenters. The molecule has 1 atom stereocenters. The van der Waals surface area contributed by atoms with Crippen LogP contribution in [0.2, 0.25) is 0 Å². The summed E-state index contributed by atoms with van der Waals surface area (Å²) in [5, 5.41) is 6.47. The molecule has 1 aromatic rings. The number of nitrogens with one attached hydrogen (secondary N) is 2. The highest BCUT2D eigenvalue weighted by Gasteiger charge is 2.57. The maximum Gasteiger partial charge on any atom is 0.223 e. The van der Waals surface area contributed by atoms with Crippen molar-refractivity contribution in [3.8, 4) is 5.75 Å². The molecule has 1 aliphatic carbocycles. The molecule has 1 aliphatic heterocycles. The van der Waals surface area contributed by atoms with Crippen LogP contribution in [0.3, 0.4) is 0 Å². The zero-order chi connectivity index (χ0) is 15.6. The molecule has 23 heavy (non-hydrogen) atoms. The van der Waals surface area contributed by atoms with Crippen LogP contribution >= 0.6 is 12.4 Å². The average Bonchev–Trinajstić information content (AvgIpc) is 3.20. The second-order valence-electron chi connectivity index (χ2n) is 6.90. The summed E-state index contributed by atoms with van der Waals surface area (Å²) in [4.78, 5) is 12.3. The van der Waals surface area contributed by atoms with Crippen molar-refractivity contribution < 1.29 is 9.53 Å². The van der Waals surface area contributed by atoms with Crippen molar-refractivity contribution in [2.45, 2.75) is 45.8 Å². The zero-order valence-corrected chi connectivity index (χ0v) is 14.7. The Labute approximate surface area is 144 Å². The summed E-state index contributed by atoms with van der Waals surface area (Å²) in [6, 6.07) is 7.97. The number of ether oxygens (including phenoxy) is 1. The van der Waals surface area contributed by atoms with Gasteiger partial charge in [-0.15, -0.1) is 12.4 Å². The molecule has 0 radical (unpaired) electrons. The lowest BCUT2D eigenvalue weighted by molar-refractivity contribution is -0.123. The van der Waals surface area contributed by atoms with Crippen LogP contribution in [-0.2, 0) is 11.3 Å². The van der Waals surface area contributed by atoms with E-state index in [1.54, 1.807) is 0 Å². The Balaban J connectivity index is 0.00000192. The Kier molecular flexibility index (Phi) is 5.93. The number of hydrogen-bond acceptors (Lipinski definition) is 3. The molecule has 1 amide bonds. The first kappa shape index (κ1) is 18.1. The van der Waals surface area contributed by atoms with Crippen molar-refractivity contribution in [3.05, 3.63) is 29.8 Å². The molecule has 0 aromatic heterocycles. The molecule has 1 aromatic carbocycles. The van der Waals surface area contributed by atoms with E-state index in [2.05, 4.69) is 10.6 Å². The number of carbonyl (C=O) groups is 1. The van der Waals surface area contributed by atoms with Gasteiger partial charge in [0.1, 0.15) is 5.75 Å². The molecule has 5 heteroatoms. The molecule has 3 rings (SSSR count). The normalized spacial score (nSPS) is 21.6. The fraction of sp³-hybridized carbons (Fsp3) is 0.611. The van der Waals surface area contributed by atoms with E-state index in [-0.39, 0.29) is 30.3 Å². The monoisotopic (exact) mass is 338 g/mol. The second kappa shape index (κ2) is 7.54. The Morgan fingerprint density at radius 1 is 1.30 bits per heavy atom. The molecule has 0 bridgehead atoms. The van der Waals surface area contributed by atoms with Crippen LogP contribution in [0.4, 0.5) is 0 Å². The van der Waals surface area contributed by atoms with Crippen molar-refractivity contribution in [2.75, 3.05) is 13.1 Å². The summed E-state index contributed by atoms with van der Waals surface area (Å²) < 4.78 is 5.62. The Morgan fingerprint density at radius 2 is 1.96 bits per heavy atom. The summed E-state index contributed by atoms with van der Waals surface area (Å²) >= 11 is 0. The first-order chi connectivity index (χ1) is 10.6. The van der Waals surface area contributed by atoms with E-state index in [4.69, 9.17) is 4.74 Å². The van der Waals surface area contributed by atoms with E-state index in [0.29, 0.717) is 12.0 Å². The molecule has 1 saturated carbocycles. The fourth-order valence-electron chi connectivity index (χ4n) is 3.47. The second-order valence-corrected chi connectivity index (χ2v) is 6.90. The molecule has 2 fully saturated rings. The molecular formula is C18H27ClN2O2. The number of piperidine rings is 1. The molecular weight excluding hydrogens is 312 g/mol. The number of carbonyl (C=O) groups excluding carboxylic acids is 1. The Hall–Kier alpha value is -1.26. The zero-order valence-electron chi connectivity index (χ0n) is 13.9. The van der Waals surface area contributed by atoms with E-state index in [1.807, 2.05) is 38.1 Å². The molecule has 4 nitrogen and oxygen atoms in total. The third-order valence-corrected chi connectivity index (χ3v) is 4.87. The van der Waals surface area contributed by atoms with E-state index in [0.717, 1.165) is 43.7 Å². The van der Waals surface area contributed by atoms with Gasteiger partial charge in [0.15, 0.2) is 0 Å². The molecule has 2 N–H and O–H groups in total. The van der Waals surface area contributed by atoms with Crippen LogP contribution in [-0.4, -0.2) is 25.1 Å². The summed E-state index contributed by atoms with van der Waals surface area (Å²) in [7, 11) is 0. The van der Waals surface area contributed by atoms with Crippen molar-refractivity contribution in [1.82, 2.24) is 10.6 Å². The molecule has 1 spiro atoms. The third-order valence-electron chi connectivity index (χ3n) is 4.87. The highest BCUT2D eigenvalue weighted by atomic mass is 35.5. The van der Waals surface area contributed by atoms with Crippen LogP contribution in [0.1, 0.15) is 38.7 Å². The standard InChI is InChI=1S/C18H26N2O2.ClH/c1-13(2)22-15-5-3-14(4-6-15)12-20-17(21)16-11-18(16)7-9-19-10-8-18;/h3-6,13,16,19H,7-12H2,1-2H3,(H,20,21);1H. The van der Waals surface area contributed by atoms with Gasteiger partial charge in [-0.2, -0.15) is 0 Å². The van der Waals surface area contributed by atoms with Gasteiger partial charge in [0, 0.05) is 12.5 Å². The first-order valence-corrected chi connectivity index (χ1v) is 8.33.